The maximum atomic E-state index is 12.6. The van der Waals surface area contributed by atoms with Gasteiger partial charge in [-0.05, 0) is 59.3 Å². The van der Waals surface area contributed by atoms with Crippen molar-refractivity contribution >= 4 is 11.6 Å². The Balaban J connectivity index is 1.75. The lowest BCUT2D eigenvalue weighted by molar-refractivity contribution is 0.340. The molecule has 150 valence electrons. The van der Waals surface area contributed by atoms with E-state index in [0.717, 1.165) is 11.3 Å². The molecule has 0 fully saturated rings. The summed E-state index contributed by atoms with van der Waals surface area (Å²) in [5.41, 5.74) is 2.59. The fourth-order valence-corrected chi connectivity index (χ4v) is 3.64. The quantitative estimate of drug-likeness (QED) is 0.416. The second-order valence-electron chi connectivity index (χ2n) is 6.72. The predicted molar refractivity (Wildman–Crippen MR) is 108 cm³/mol. The molecule has 0 radical (unpaired) electrons. The SMILES string of the molecule is CCOc1ccc(-c2n[nH]c(=O)c3c2[C@H](c2cccc(O)c2)n2nnnc2N3)cc1. The summed E-state index contributed by atoms with van der Waals surface area (Å²) >= 11 is 0. The average Bonchev–Trinajstić information content (AvgIpc) is 3.22. The first-order chi connectivity index (χ1) is 14.7. The highest BCUT2D eigenvalue weighted by molar-refractivity contribution is 5.75. The van der Waals surface area contributed by atoms with E-state index in [-0.39, 0.29) is 11.3 Å². The van der Waals surface area contributed by atoms with E-state index in [1.807, 2.05) is 37.3 Å². The molecule has 4 aromatic rings. The third-order valence-electron chi connectivity index (χ3n) is 4.89. The molecule has 1 aliphatic heterocycles. The highest BCUT2D eigenvalue weighted by atomic mass is 16.5. The molecule has 0 amide bonds. The number of hydrogen-bond acceptors (Lipinski definition) is 8. The molecule has 0 bridgehead atoms. The van der Waals surface area contributed by atoms with E-state index in [4.69, 9.17) is 4.74 Å². The number of aromatic amines is 1. The topological polar surface area (TPSA) is 131 Å². The van der Waals surface area contributed by atoms with Gasteiger partial charge in [0.25, 0.3) is 5.56 Å². The van der Waals surface area contributed by atoms with Gasteiger partial charge >= 0.3 is 0 Å². The molecular formula is C20H17N7O3. The Labute approximate surface area is 170 Å². The molecule has 2 aromatic carbocycles. The third-order valence-corrected chi connectivity index (χ3v) is 4.89. The molecule has 1 atom stereocenters. The minimum atomic E-state index is -0.560. The van der Waals surface area contributed by atoms with Crippen LogP contribution in [0.3, 0.4) is 0 Å². The van der Waals surface area contributed by atoms with Gasteiger partial charge in [-0.2, -0.15) is 9.78 Å². The first-order valence-corrected chi connectivity index (χ1v) is 9.35. The molecule has 30 heavy (non-hydrogen) atoms. The number of phenolic OH excluding ortho intramolecular Hbond substituents is 1. The van der Waals surface area contributed by atoms with Crippen LogP contribution in [0.15, 0.2) is 53.3 Å². The minimum absolute atomic E-state index is 0.0997. The molecule has 5 rings (SSSR count). The van der Waals surface area contributed by atoms with E-state index in [1.165, 1.54) is 0 Å². The lowest BCUT2D eigenvalue weighted by atomic mass is 9.92. The van der Waals surface area contributed by atoms with E-state index in [9.17, 15) is 9.90 Å². The largest absolute Gasteiger partial charge is 0.508 e. The summed E-state index contributed by atoms with van der Waals surface area (Å²) in [7, 11) is 0. The first kappa shape index (κ1) is 17.9. The van der Waals surface area contributed by atoms with E-state index in [1.54, 1.807) is 22.9 Å². The lowest BCUT2D eigenvalue weighted by Crippen LogP contribution is -2.29. The molecule has 3 heterocycles. The fraction of sp³-hybridized carbons (Fsp3) is 0.150. The summed E-state index contributed by atoms with van der Waals surface area (Å²) in [4.78, 5) is 12.6. The van der Waals surface area contributed by atoms with Crippen LogP contribution in [0, 0.1) is 0 Å². The zero-order valence-electron chi connectivity index (χ0n) is 15.9. The van der Waals surface area contributed by atoms with Crippen molar-refractivity contribution in [2.75, 3.05) is 11.9 Å². The normalized spacial score (nSPS) is 14.5. The van der Waals surface area contributed by atoms with Gasteiger partial charge in [0.1, 0.15) is 23.2 Å². The molecule has 0 spiro atoms. The number of aromatic hydroxyl groups is 1. The Bertz CT molecular complexity index is 1280. The van der Waals surface area contributed by atoms with Gasteiger partial charge in [0.05, 0.1) is 12.3 Å². The van der Waals surface area contributed by atoms with Crippen molar-refractivity contribution in [3.63, 3.8) is 0 Å². The van der Waals surface area contributed by atoms with Crippen molar-refractivity contribution in [1.82, 2.24) is 30.4 Å². The van der Waals surface area contributed by atoms with Crippen molar-refractivity contribution in [3.8, 4) is 22.8 Å². The van der Waals surface area contributed by atoms with Gasteiger partial charge in [0, 0.05) is 11.1 Å². The summed E-state index contributed by atoms with van der Waals surface area (Å²) in [5, 5.41) is 31.7. The van der Waals surface area contributed by atoms with Gasteiger partial charge in [-0.1, -0.05) is 17.2 Å². The monoisotopic (exact) mass is 403 g/mol. The van der Waals surface area contributed by atoms with Crippen LogP contribution in [-0.2, 0) is 0 Å². The molecule has 10 nitrogen and oxygen atoms in total. The number of rotatable bonds is 4. The standard InChI is InChI=1S/C20H17N7O3/c1-2-30-14-8-6-11(7-9-14)16-15-17(19(29)23-22-16)21-20-24-25-26-27(20)18(15)12-4-3-5-13(28)10-12/h3-10,18,28H,2H2,1H3,(H,23,29)(H,21,24,26)/t18-/m0/s1. The van der Waals surface area contributed by atoms with Gasteiger partial charge in [0.2, 0.25) is 5.95 Å². The fourth-order valence-electron chi connectivity index (χ4n) is 3.64. The second kappa shape index (κ2) is 6.99. The van der Waals surface area contributed by atoms with Crippen molar-refractivity contribution in [2.45, 2.75) is 13.0 Å². The number of phenols is 1. The zero-order chi connectivity index (χ0) is 20.7. The number of anilines is 2. The molecule has 1 aliphatic rings. The highest BCUT2D eigenvalue weighted by Crippen LogP contribution is 2.41. The van der Waals surface area contributed by atoms with Crippen LogP contribution in [0.25, 0.3) is 11.3 Å². The summed E-state index contributed by atoms with van der Waals surface area (Å²) in [6.45, 7) is 2.49. The molecule has 0 saturated heterocycles. The van der Waals surface area contributed by atoms with Crippen LogP contribution >= 0.6 is 0 Å². The number of tetrazole rings is 1. The zero-order valence-corrected chi connectivity index (χ0v) is 15.9. The number of nitrogens with one attached hydrogen (secondary N) is 2. The number of fused-ring (bicyclic) bond motifs is 2. The maximum Gasteiger partial charge on any atom is 0.288 e. The van der Waals surface area contributed by atoms with E-state index < -0.39 is 6.04 Å². The third kappa shape index (κ3) is 2.85. The van der Waals surface area contributed by atoms with Gasteiger partial charge in [-0.25, -0.2) is 5.10 Å². The first-order valence-electron chi connectivity index (χ1n) is 9.35. The maximum absolute atomic E-state index is 12.6. The van der Waals surface area contributed by atoms with Crippen LogP contribution in [0.2, 0.25) is 0 Å². The van der Waals surface area contributed by atoms with E-state index in [2.05, 4.69) is 31.0 Å². The predicted octanol–water partition coefficient (Wildman–Crippen LogP) is 2.22. The van der Waals surface area contributed by atoms with Crippen LogP contribution in [0.1, 0.15) is 24.1 Å². The molecular weight excluding hydrogens is 386 g/mol. The smallest absolute Gasteiger partial charge is 0.288 e. The summed E-state index contributed by atoms with van der Waals surface area (Å²) in [6.07, 6.45) is 0. The Morgan fingerprint density at radius 1 is 1.20 bits per heavy atom. The number of nitrogens with zero attached hydrogens (tertiary/aromatic N) is 5. The lowest BCUT2D eigenvalue weighted by Gasteiger charge is -2.27. The van der Waals surface area contributed by atoms with Crippen LogP contribution in [-0.4, -0.2) is 42.1 Å². The molecule has 3 N–H and O–H groups in total. The van der Waals surface area contributed by atoms with Gasteiger partial charge in [-0.15, -0.1) is 0 Å². The Morgan fingerprint density at radius 2 is 2.03 bits per heavy atom. The van der Waals surface area contributed by atoms with Crippen molar-refractivity contribution in [1.29, 1.82) is 0 Å². The summed E-state index contributed by atoms with van der Waals surface area (Å²) < 4.78 is 7.08. The Kier molecular flexibility index (Phi) is 4.16. The molecule has 0 aliphatic carbocycles. The highest BCUT2D eigenvalue weighted by Gasteiger charge is 2.34. The van der Waals surface area contributed by atoms with Crippen molar-refractivity contribution in [3.05, 3.63) is 70.0 Å². The Hall–Kier alpha value is -4.21. The molecule has 2 aromatic heterocycles. The van der Waals surface area contributed by atoms with Gasteiger partial charge < -0.3 is 15.2 Å². The van der Waals surface area contributed by atoms with Crippen molar-refractivity contribution < 1.29 is 9.84 Å². The molecule has 0 unspecified atom stereocenters. The number of ether oxygens (including phenoxy) is 1. The summed E-state index contributed by atoms with van der Waals surface area (Å²) in [6, 6.07) is 13.7. The molecule has 10 heteroatoms. The van der Waals surface area contributed by atoms with Gasteiger partial charge in [-0.3, -0.25) is 4.79 Å². The van der Waals surface area contributed by atoms with Crippen LogP contribution < -0.4 is 15.6 Å². The van der Waals surface area contributed by atoms with E-state index >= 15 is 0 Å². The second-order valence-corrected chi connectivity index (χ2v) is 6.72. The van der Waals surface area contributed by atoms with E-state index in [0.29, 0.717) is 35.1 Å². The van der Waals surface area contributed by atoms with Crippen LogP contribution in [0.5, 0.6) is 11.5 Å². The van der Waals surface area contributed by atoms with Gasteiger partial charge in [0.15, 0.2) is 0 Å². The number of aromatic nitrogens is 6. The van der Waals surface area contributed by atoms with Crippen molar-refractivity contribution in [2.24, 2.45) is 0 Å². The molecule has 0 saturated carbocycles. The number of hydrogen-bond donors (Lipinski definition) is 3. The number of benzene rings is 2. The minimum Gasteiger partial charge on any atom is -0.508 e. The number of H-pyrrole nitrogens is 1. The Morgan fingerprint density at radius 3 is 2.80 bits per heavy atom. The summed E-state index contributed by atoms with van der Waals surface area (Å²) in [5.74, 6) is 1.16. The average molecular weight is 403 g/mol. The van der Waals surface area contributed by atoms with Crippen LogP contribution in [0.4, 0.5) is 11.6 Å².